The summed E-state index contributed by atoms with van der Waals surface area (Å²) in [5.74, 6) is -0.684. The number of anilines is 1. The van der Waals surface area contributed by atoms with Crippen LogP contribution in [0.1, 0.15) is 23.5 Å². The fraction of sp³-hybridized carbons (Fsp3) is 0.333. The number of nitrogens with one attached hydrogen (secondary N) is 2. The van der Waals surface area contributed by atoms with Crippen molar-refractivity contribution in [2.45, 2.75) is 23.6 Å². The monoisotopic (exact) mass is 448 g/mol. The second-order valence-electron chi connectivity index (χ2n) is 5.30. The highest BCUT2D eigenvalue weighted by atomic mass is 32.2. The first kappa shape index (κ1) is 22.2. The van der Waals surface area contributed by atoms with Crippen molar-refractivity contribution in [1.82, 2.24) is 14.1 Å². The van der Waals surface area contributed by atoms with Gasteiger partial charge in [0.15, 0.2) is 0 Å². The number of hydrogen-bond acceptors (Lipinski definition) is 9. The minimum absolute atomic E-state index is 0.00424. The first-order valence-corrected chi connectivity index (χ1v) is 11.9. The molecule has 2 aromatic heterocycles. The number of hydrazine groups is 1. The van der Waals surface area contributed by atoms with Gasteiger partial charge in [-0.15, -0.1) is 16.2 Å². The molecule has 0 bridgehead atoms. The lowest BCUT2D eigenvalue weighted by Gasteiger charge is -2.18. The minimum Gasteiger partial charge on any atom is -0.465 e. The van der Waals surface area contributed by atoms with Crippen molar-refractivity contribution < 1.29 is 26.4 Å². The van der Waals surface area contributed by atoms with Gasteiger partial charge in [-0.2, -0.15) is 4.31 Å². The number of nitrogens with zero attached hydrogens (tertiary/aromatic N) is 2. The molecule has 0 atom stereocenters. The van der Waals surface area contributed by atoms with Gasteiger partial charge in [0.2, 0.25) is 10.0 Å². The quantitative estimate of drug-likeness (QED) is 0.432. The van der Waals surface area contributed by atoms with Crippen molar-refractivity contribution in [2.24, 2.45) is 0 Å². The molecule has 2 N–H and O–H groups in total. The number of aromatic nitrogens is 1. The maximum absolute atomic E-state index is 12.4. The van der Waals surface area contributed by atoms with Gasteiger partial charge >= 0.3 is 5.97 Å². The third-order valence-corrected chi connectivity index (χ3v) is 8.03. The SMILES string of the molecule is CCN(CC)S(=O)(=O)c1ccc(NNS(=O)(=O)c2ccsc2C(=O)OC)nc1. The Bertz CT molecular complexity index is 1030. The summed E-state index contributed by atoms with van der Waals surface area (Å²) in [5.41, 5.74) is 2.39. The Labute approximate surface area is 167 Å². The Morgan fingerprint density at radius 3 is 2.39 bits per heavy atom. The van der Waals surface area contributed by atoms with Gasteiger partial charge in [-0.3, -0.25) is 5.43 Å². The maximum Gasteiger partial charge on any atom is 0.349 e. The average Bonchev–Trinajstić information content (AvgIpc) is 3.18. The van der Waals surface area contributed by atoms with E-state index >= 15 is 0 Å². The summed E-state index contributed by atoms with van der Waals surface area (Å²) in [7, 11) is -6.58. The fourth-order valence-electron chi connectivity index (χ4n) is 2.24. The van der Waals surface area contributed by atoms with Gasteiger partial charge in [-0.25, -0.2) is 26.6 Å². The Morgan fingerprint density at radius 1 is 1.18 bits per heavy atom. The van der Waals surface area contributed by atoms with Crippen LogP contribution >= 0.6 is 11.3 Å². The zero-order valence-electron chi connectivity index (χ0n) is 15.4. The minimum atomic E-state index is -4.08. The second-order valence-corrected chi connectivity index (χ2v) is 9.81. The number of methoxy groups -OCH3 is 1. The summed E-state index contributed by atoms with van der Waals surface area (Å²) < 4.78 is 55.5. The molecule has 0 aromatic carbocycles. The number of carbonyl (C=O) groups is 1. The summed E-state index contributed by atoms with van der Waals surface area (Å²) in [4.78, 5) is 17.4. The van der Waals surface area contributed by atoms with E-state index < -0.39 is 26.0 Å². The predicted octanol–water partition coefficient (Wildman–Crippen LogP) is 1.27. The molecular formula is C15H20N4O6S3. The molecule has 0 spiro atoms. The molecule has 0 fully saturated rings. The zero-order chi connectivity index (χ0) is 20.9. The van der Waals surface area contributed by atoms with E-state index in [0.29, 0.717) is 13.1 Å². The number of sulfonamides is 2. The van der Waals surface area contributed by atoms with E-state index in [4.69, 9.17) is 0 Å². The highest BCUT2D eigenvalue weighted by molar-refractivity contribution is 7.90. The Hall–Kier alpha value is -2.06. The third kappa shape index (κ3) is 4.67. The van der Waals surface area contributed by atoms with Crippen LogP contribution in [0.3, 0.4) is 0 Å². The summed E-state index contributed by atoms with van der Waals surface area (Å²) in [5, 5.41) is 1.45. The van der Waals surface area contributed by atoms with E-state index in [-0.39, 0.29) is 20.5 Å². The first-order valence-electron chi connectivity index (χ1n) is 8.07. The highest BCUT2D eigenvalue weighted by Crippen LogP contribution is 2.23. The summed E-state index contributed by atoms with van der Waals surface area (Å²) in [6, 6.07) is 3.92. The van der Waals surface area contributed by atoms with Crippen LogP contribution in [0.5, 0.6) is 0 Å². The van der Waals surface area contributed by atoms with Gasteiger partial charge < -0.3 is 4.74 Å². The second kappa shape index (κ2) is 8.96. The molecule has 0 saturated carbocycles. The summed E-state index contributed by atoms with van der Waals surface area (Å²) in [6.45, 7) is 4.10. The topological polar surface area (TPSA) is 135 Å². The molecule has 0 saturated heterocycles. The average molecular weight is 449 g/mol. The number of thiophene rings is 1. The normalized spacial score (nSPS) is 12.1. The van der Waals surface area contributed by atoms with E-state index in [1.165, 1.54) is 27.9 Å². The molecule has 0 aliphatic rings. The van der Waals surface area contributed by atoms with Crippen LogP contribution in [-0.4, -0.2) is 52.3 Å². The van der Waals surface area contributed by atoms with Crippen LogP contribution in [0.2, 0.25) is 0 Å². The van der Waals surface area contributed by atoms with Crippen molar-refractivity contribution in [3.63, 3.8) is 0 Å². The molecule has 2 rings (SSSR count). The van der Waals surface area contributed by atoms with Crippen LogP contribution in [0, 0.1) is 0 Å². The van der Waals surface area contributed by atoms with Crippen molar-refractivity contribution in [2.75, 3.05) is 25.6 Å². The van der Waals surface area contributed by atoms with Crippen LogP contribution in [0.25, 0.3) is 0 Å². The van der Waals surface area contributed by atoms with E-state index in [0.717, 1.165) is 24.6 Å². The number of pyridine rings is 1. The van der Waals surface area contributed by atoms with Crippen LogP contribution < -0.4 is 10.3 Å². The van der Waals surface area contributed by atoms with Crippen molar-refractivity contribution in [3.8, 4) is 0 Å². The van der Waals surface area contributed by atoms with Crippen LogP contribution in [0.4, 0.5) is 5.82 Å². The van der Waals surface area contributed by atoms with E-state index in [9.17, 15) is 21.6 Å². The summed E-state index contributed by atoms with van der Waals surface area (Å²) in [6.07, 6.45) is 1.13. The van der Waals surface area contributed by atoms with Gasteiger partial charge in [0.05, 0.1) is 7.11 Å². The van der Waals surface area contributed by atoms with E-state index in [1.807, 2.05) is 0 Å². The maximum atomic E-state index is 12.4. The number of rotatable bonds is 9. The van der Waals surface area contributed by atoms with Crippen LogP contribution in [-0.2, 0) is 24.8 Å². The Morgan fingerprint density at radius 2 is 1.86 bits per heavy atom. The fourth-order valence-corrected chi connectivity index (χ4v) is 5.84. The highest BCUT2D eigenvalue weighted by Gasteiger charge is 2.25. The molecule has 0 radical (unpaired) electrons. The molecule has 10 nitrogen and oxygen atoms in total. The predicted molar refractivity (Wildman–Crippen MR) is 104 cm³/mol. The lowest BCUT2D eigenvalue weighted by Crippen LogP contribution is -2.31. The molecule has 13 heteroatoms. The Balaban J connectivity index is 2.16. The standard InChI is InChI=1S/C15H20N4O6S3/c1-4-19(5-2)28(23,24)11-6-7-13(16-10-11)17-18-27(21,22)12-8-9-26-14(12)15(20)25-3/h6-10,18H,4-5H2,1-3H3,(H,16,17). The third-order valence-electron chi connectivity index (χ3n) is 3.68. The van der Waals surface area contributed by atoms with Gasteiger partial charge in [0.25, 0.3) is 10.0 Å². The largest absolute Gasteiger partial charge is 0.465 e. The molecule has 2 heterocycles. The Kier molecular flexibility index (Phi) is 7.11. The van der Waals surface area contributed by atoms with E-state index in [1.54, 1.807) is 13.8 Å². The van der Waals surface area contributed by atoms with Crippen molar-refractivity contribution >= 4 is 43.2 Å². The molecule has 2 aromatic rings. The molecule has 28 heavy (non-hydrogen) atoms. The summed E-state index contributed by atoms with van der Waals surface area (Å²) >= 11 is 0.934. The molecule has 0 unspecified atom stereocenters. The van der Waals surface area contributed by atoms with E-state index in [2.05, 4.69) is 20.0 Å². The first-order chi connectivity index (χ1) is 13.2. The molecule has 0 amide bonds. The number of ether oxygens (including phenoxy) is 1. The number of hydrogen-bond donors (Lipinski definition) is 2. The molecular weight excluding hydrogens is 428 g/mol. The smallest absolute Gasteiger partial charge is 0.349 e. The lowest BCUT2D eigenvalue weighted by atomic mass is 10.5. The van der Waals surface area contributed by atoms with Gasteiger partial charge in [0.1, 0.15) is 20.5 Å². The van der Waals surface area contributed by atoms with Crippen molar-refractivity contribution in [3.05, 3.63) is 34.7 Å². The molecule has 0 aliphatic heterocycles. The number of carbonyl (C=O) groups excluding carboxylic acids is 1. The van der Waals surface area contributed by atoms with Crippen molar-refractivity contribution in [1.29, 1.82) is 0 Å². The number of esters is 1. The zero-order valence-corrected chi connectivity index (χ0v) is 17.8. The van der Waals surface area contributed by atoms with Crippen LogP contribution in [0.15, 0.2) is 39.6 Å². The van der Waals surface area contributed by atoms with Gasteiger partial charge in [-0.05, 0) is 23.6 Å². The molecule has 0 aliphatic carbocycles. The van der Waals surface area contributed by atoms with Gasteiger partial charge in [-0.1, -0.05) is 13.8 Å². The molecule has 154 valence electrons. The lowest BCUT2D eigenvalue weighted by molar-refractivity contribution is 0.0602. The van der Waals surface area contributed by atoms with Gasteiger partial charge in [0, 0.05) is 19.3 Å².